The number of amides is 2. The van der Waals surface area contributed by atoms with Crippen molar-refractivity contribution in [2.24, 2.45) is 5.92 Å². The van der Waals surface area contributed by atoms with Crippen LogP contribution < -0.4 is 15.4 Å². The van der Waals surface area contributed by atoms with Crippen LogP contribution in [0.15, 0.2) is 60.3 Å². The molecule has 0 aliphatic carbocycles. The smallest absolute Gasteiger partial charge is 0.326 e. The first-order valence-corrected chi connectivity index (χ1v) is 10.1. The predicted molar refractivity (Wildman–Crippen MR) is 118 cm³/mol. The maximum Gasteiger partial charge on any atom is 0.326 e. The van der Waals surface area contributed by atoms with Gasteiger partial charge in [-0.25, -0.2) is 4.79 Å². The Kier molecular flexibility index (Phi) is 8.37. The van der Waals surface area contributed by atoms with Crippen molar-refractivity contribution in [2.45, 2.75) is 39.8 Å². The molecule has 3 N–H and O–H groups in total. The van der Waals surface area contributed by atoms with Crippen LogP contribution in [0.25, 0.3) is 6.08 Å². The molecule has 0 saturated heterocycles. The molecule has 0 aliphatic rings. The quantitative estimate of drug-likeness (QED) is 0.535. The largest absolute Gasteiger partial charge is 0.491 e. The van der Waals surface area contributed by atoms with Gasteiger partial charge in [0, 0.05) is 5.56 Å². The van der Waals surface area contributed by atoms with Gasteiger partial charge in [0.2, 0.25) is 0 Å². The third-order valence-corrected chi connectivity index (χ3v) is 4.31. The topological polar surface area (TPSA) is 105 Å². The summed E-state index contributed by atoms with van der Waals surface area (Å²) in [6, 6.07) is 14.4. The number of carboxylic acids is 1. The Morgan fingerprint density at radius 2 is 1.55 bits per heavy atom. The summed E-state index contributed by atoms with van der Waals surface area (Å²) in [5, 5.41) is 14.5. The average molecular weight is 424 g/mol. The highest BCUT2D eigenvalue weighted by molar-refractivity contribution is 6.06. The Hall–Kier alpha value is -3.61. The second kappa shape index (κ2) is 11.0. The van der Waals surface area contributed by atoms with Crippen molar-refractivity contribution in [3.63, 3.8) is 0 Å². The molecule has 164 valence electrons. The van der Waals surface area contributed by atoms with Gasteiger partial charge in [-0.15, -0.1) is 0 Å². The minimum Gasteiger partial charge on any atom is -0.491 e. The molecule has 2 aromatic carbocycles. The fourth-order valence-corrected chi connectivity index (χ4v) is 2.76. The lowest BCUT2D eigenvalue weighted by molar-refractivity contribution is -0.142. The molecule has 0 aliphatic heterocycles. The summed E-state index contributed by atoms with van der Waals surface area (Å²) in [7, 11) is 0. The summed E-state index contributed by atoms with van der Waals surface area (Å²) < 4.78 is 5.61. The molecule has 0 radical (unpaired) electrons. The van der Waals surface area contributed by atoms with Crippen molar-refractivity contribution >= 4 is 23.9 Å². The zero-order valence-corrected chi connectivity index (χ0v) is 18.1. The van der Waals surface area contributed by atoms with E-state index in [1.54, 1.807) is 68.4 Å². The third-order valence-electron chi connectivity index (χ3n) is 4.31. The minimum atomic E-state index is -1.15. The first-order chi connectivity index (χ1) is 14.7. The van der Waals surface area contributed by atoms with E-state index in [0.29, 0.717) is 16.9 Å². The highest BCUT2D eigenvalue weighted by Gasteiger charge is 2.25. The van der Waals surface area contributed by atoms with Gasteiger partial charge in [0.15, 0.2) is 0 Å². The van der Waals surface area contributed by atoms with Crippen LogP contribution in [0.2, 0.25) is 0 Å². The number of nitrogens with one attached hydrogen (secondary N) is 2. The maximum absolute atomic E-state index is 12.9. The average Bonchev–Trinajstić information content (AvgIpc) is 2.72. The Morgan fingerprint density at radius 1 is 0.935 bits per heavy atom. The summed E-state index contributed by atoms with van der Waals surface area (Å²) >= 11 is 0. The SMILES string of the molecule is CC(C)Oc1ccc(/C=C(/NC(=O)c2ccccc2)C(=O)N[C@H](C(=O)O)C(C)C)cc1. The highest BCUT2D eigenvalue weighted by Crippen LogP contribution is 2.16. The van der Waals surface area contributed by atoms with Crippen LogP contribution in [-0.4, -0.2) is 35.0 Å². The molecular weight excluding hydrogens is 396 g/mol. The Balaban J connectivity index is 2.32. The van der Waals surface area contributed by atoms with Crippen LogP contribution in [0.5, 0.6) is 5.75 Å². The lowest BCUT2D eigenvalue weighted by atomic mass is 10.0. The number of hydrogen-bond donors (Lipinski definition) is 3. The fourth-order valence-electron chi connectivity index (χ4n) is 2.76. The van der Waals surface area contributed by atoms with Crippen molar-refractivity contribution in [2.75, 3.05) is 0 Å². The highest BCUT2D eigenvalue weighted by atomic mass is 16.5. The van der Waals surface area contributed by atoms with Crippen LogP contribution in [0.1, 0.15) is 43.6 Å². The molecule has 2 rings (SSSR count). The molecule has 2 amide bonds. The first-order valence-electron chi connectivity index (χ1n) is 10.1. The van der Waals surface area contributed by atoms with Crippen molar-refractivity contribution in [1.29, 1.82) is 0 Å². The van der Waals surface area contributed by atoms with E-state index < -0.39 is 23.8 Å². The van der Waals surface area contributed by atoms with E-state index in [1.165, 1.54) is 6.08 Å². The molecule has 31 heavy (non-hydrogen) atoms. The molecule has 0 heterocycles. The van der Waals surface area contributed by atoms with E-state index >= 15 is 0 Å². The number of carboxylic acid groups (broad SMARTS) is 1. The van der Waals surface area contributed by atoms with Crippen LogP contribution >= 0.6 is 0 Å². The molecule has 7 heteroatoms. The van der Waals surface area contributed by atoms with Crippen molar-refractivity contribution in [3.05, 3.63) is 71.4 Å². The Bertz CT molecular complexity index is 934. The van der Waals surface area contributed by atoms with E-state index in [0.717, 1.165) is 0 Å². The van der Waals surface area contributed by atoms with Gasteiger partial charge in [-0.2, -0.15) is 0 Å². The summed E-state index contributed by atoms with van der Waals surface area (Å²) in [5.41, 5.74) is 0.963. The number of ether oxygens (including phenoxy) is 1. The van der Waals surface area contributed by atoms with Crippen molar-refractivity contribution in [1.82, 2.24) is 10.6 Å². The molecule has 0 spiro atoms. The van der Waals surface area contributed by atoms with Crippen LogP contribution in [0.3, 0.4) is 0 Å². The second-order valence-electron chi connectivity index (χ2n) is 7.65. The molecule has 2 aromatic rings. The van der Waals surface area contributed by atoms with Gasteiger partial charge in [0.05, 0.1) is 6.10 Å². The van der Waals surface area contributed by atoms with Crippen LogP contribution in [0, 0.1) is 5.92 Å². The van der Waals surface area contributed by atoms with Gasteiger partial charge in [-0.1, -0.05) is 44.2 Å². The summed E-state index contributed by atoms with van der Waals surface area (Å²) in [6.07, 6.45) is 1.52. The van der Waals surface area contributed by atoms with E-state index in [-0.39, 0.29) is 17.7 Å². The summed E-state index contributed by atoms with van der Waals surface area (Å²) in [5.74, 6) is -1.96. The Labute approximate surface area is 182 Å². The normalized spacial score (nSPS) is 12.4. The van der Waals surface area contributed by atoms with Crippen LogP contribution in [-0.2, 0) is 9.59 Å². The van der Waals surface area contributed by atoms with Gasteiger partial charge in [-0.3, -0.25) is 9.59 Å². The van der Waals surface area contributed by atoms with Gasteiger partial charge < -0.3 is 20.5 Å². The molecule has 0 aromatic heterocycles. The second-order valence-corrected chi connectivity index (χ2v) is 7.65. The van der Waals surface area contributed by atoms with Gasteiger partial charge in [0.1, 0.15) is 17.5 Å². The fraction of sp³-hybridized carbons (Fsp3) is 0.292. The molecule has 0 unspecified atom stereocenters. The van der Waals surface area contributed by atoms with Crippen molar-refractivity contribution in [3.8, 4) is 5.75 Å². The number of carbonyl (C=O) groups is 3. The number of carbonyl (C=O) groups excluding carboxylic acids is 2. The summed E-state index contributed by atoms with van der Waals surface area (Å²) in [4.78, 5) is 37.0. The molecule has 0 fully saturated rings. The molecule has 0 saturated carbocycles. The monoisotopic (exact) mass is 424 g/mol. The van der Waals surface area contributed by atoms with E-state index in [2.05, 4.69) is 10.6 Å². The predicted octanol–water partition coefficient (Wildman–Crippen LogP) is 3.47. The lowest BCUT2D eigenvalue weighted by Crippen LogP contribution is -2.47. The lowest BCUT2D eigenvalue weighted by Gasteiger charge is -2.19. The van der Waals surface area contributed by atoms with Crippen LogP contribution in [0.4, 0.5) is 0 Å². The zero-order valence-electron chi connectivity index (χ0n) is 18.1. The number of aliphatic carboxylic acids is 1. The van der Waals surface area contributed by atoms with Gasteiger partial charge in [-0.05, 0) is 55.7 Å². The van der Waals surface area contributed by atoms with Gasteiger partial charge >= 0.3 is 5.97 Å². The molecule has 0 bridgehead atoms. The molecular formula is C24H28N2O5. The molecule has 1 atom stereocenters. The third kappa shape index (κ3) is 7.29. The van der Waals surface area contributed by atoms with Gasteiger partial charge in [0.25, 0.3) is 11.8 Å². The van der Waals surface area contributed by atoms with E-state index in [1.807, 2.05) is 13.8 Å². The Morgan fingerprint density at radius 3 is 2.06 bits per heavy atom. The number of hydrogen-bond acceptors (Lipinski definition) is 4. The maximum atomic E-state index is 12.9. The standard InChI is InChI=1S/C24H28N2O5/c1-15(2)21(24(29)30)26-23(28)20(25-22(27)18-8-6-5-7-9-18)14-17-10-12-19(13-11-17)31-16(3)4/h5-16,21H,1-4H3,(H,25,27)(H,26,28)(H,29,30)/b20-14+/t21-/m0/s1. The molecule has 7 nitrogen and oxygen atoms in total. The minimum absolute atomic E-state index is 0.0249. The first kappa shape index (κ1) is 23.7. The van der Waals surface area contributed by atoms with E-state index in [4.69, 9.17) is 4.74 Å². The zero-order chi connectivity index (χ0) is 23.0. The number of rotatable bonds is 9. The van der Waals surface area contributed by atoms with Crippen molar-refractivity contribution < 1.29 is 24.2 Å². The summed E-state index contributed by atoms with van der Waals surface area (Å²) in [6.45, 7) is 7.23. The van der Waals surface area contributed by atoms with E-state index in [9.17, 15) is 19.5 Å². The number of benzene rings is 2.